The number of fused-ring (bicyclic) bond motifs is 3. The van der Waals surface area contributed by atoms with E-state index >= 15 is 0 Å². The largest absolute Gasteiger partial charge is 0.452 e. The molecule has 4 nitrogen and oxygen atoms in total. The van der Waals surface area contributed by atoms with E-state index in [-0.39, 0.29) is 23.4 Å². The van der Waals surface area contributed by atoms with Crippen molar-refractivity contribution in [3.63, 3.8) is 0 Å². The van der Waals surface area contributed by atoms with Crippen molar-refractivity contribution in [1.82, 2.24) is 0 Å². The molecule has 1 atom stereocenters. The Bertz CT molecular complexity index is 1040. The van der Waals surface area contributed by atoms with Gasteiger partial charge in [0.25, 0.3) is 0 Å². The second-order valence-electron chi connectivity index (χ2n) is 7.00. The average molecular weight is 421 g/mol. The van der Waals surface area contributed by atoms with Gasteiger partial charge in [-0.3, -0.25) is 9.59 Å². The molecule has 0 fully saturated rings. The lowest BCUT2D eigenvalue weighted by atomic mass is 10.1. The van der Waals surface area contributed by atoms with E-state index in [2.05, 4.69) is 5.32 Å². The number of esters is 1. The zero-order chi connectivity index (χ0) is 21.1. The van der Waals surface area contributed by atoms with Gasteiger partial charge in [0.15, 0.2) is 6.10 Å². The molecule has 0 heterocycles. The van der Waals surface area contributed by atoms with Crippen LogP contribution in [-0.4, -0.2) is 22.9 Å². The van der Waals surface area contributed by atoms with Crippen LogP contribution in [0.5, 0.6) is 0 Å². The average Bonchev–Trinajstić information content (AvgIpc) is 3.07. The molecule has 3 aromatic carbocycles. The molecule has 0 saturated carbocycles. The second kappa shape index (κ2) is 8.71. The van der Waals surface area contributed by atoms with Gasteiger partial charge in [0.05, 0.1) is 5.75 Å². The summed E-state index contributed by atoms with van der Waals surface area (Å²) in [5.41, 5.74) is 4.60. The molecular weight excluding hydrogens is 401 g/mol. The van der Waals surface area contributed by atoms with Gasteiger partial charge in [-0.25, -0.2) is 4.39 Å². The van der Waals surface area contributed by atoms with E-state index in [4.69, 9.17) is 4.74 Å². The number of benzene rings is 3. The number of rotatable bonds is 6. The molecule has 3 aromatic rings. The maximum Gasteiger partial charge on any atom is 0.319 e. The van der Waals surface area contributed by atoms with Crippen LogP contribution in [0.2, 0.25) is 0 Å². The van der Waals surface area contributed by atoms with Crippen LogP contribution in [0.25, 0.3) is 11.1 Å². The number of ether oxygens (including phenoxy) is 1. The number of hydrogen-bond donors (Lipinski definition) is 1. The third-order valence-electron chi connectivity index (χ3n) is 4.94. The Morgan fingerprint density at radius 1 is 0.967 bits per heavy atom. The number of thioether (sulfide) groups is 1. The molecule has 0 aliphatic heterocycles. The van der Waals surface area contributed by atoms with Gasteiger partial charge >= 0.3 is 5.97 Å². The number of halogens is 1. The fraction of sp³-hybridized carbons (Fsp3) is 0.167. The first-order chi connectivity index (χ1) is 14.5. The summed E-state index contributed by atoms with van der Waals surface area (Å²) in [5, 5.41) is 2.17. The van der Waals surface area contributed by atoms with Crippen LogP contribution in [0.4, 0.5) is 10.1 Å². The molecule has 0 aromatic heterocycles. The summed E-state index contributed by atoms with van der Waals surface area (Å²) in [6.07, 6.45) is -0.444. The monoisotopic (exact) mass is 421 g/mol. The minimum Gasteiger partial charge on any atom is -0.452 e. The topological polar surface area (TPSA) is 55.4 Å². The zero-order valence-corrected chi connectivity index (χ0v) is 17.1. The molecule has 0 spiro atoms. The third-order valence-corrected chi connectivity index (χ3v) is 6.06. The molecule has 0 bridgehead atoms. The number of hydrogen-bond acceptors (Lipinski definition) is 4. The number of amides is 1. The van der Waals surface area contributed by atoms with E-state index in [0.717, 1.165) is 22.3 Å². The molecule has 1 amide bonds. The smallest absolute Gasteiger partial charge is 0.319 e. The summed E-state index contributed by atoms with van der Waals surface area (Å²) in [5.74, 6) is -0.909. The minimum atomic E-state index is -0.510. The van der Waals surface area contributed by atoms with Crippen molar-refractivity contribution in [3.05, 3.63) is 89.7 Å². The number of carbonyl (C=O) groups is 2. The van der Waals surface area contributed by atoms with Crippen molar-refractivity contribution in [2.75, 3.05) is 11.1 Å². The summed E-state index contributed by atoms with van der Waals surface area (Å²) in [4.78, 5) is 24.8. The molecule has 30 heavy (non-hydrogen) atoms. The Morgan fingerprint density at radius 3 is 2.13 bits per heavy atom. The van der Waals surface area contributed by atoms with Crippen molar-refractivity contribution in [3.8, 4) is 11.1 Å². The molecule has 6 heteroatoms. The van der Waals surface area contributed by atoms with Gasteiger partial charge < -0.3 is 10.1 Å². The fourth-order valence-electron chi connectivity index (χ4n) is 3.45. The van der Waals surface area contributed by atoms with E-state index in [1.807, 2.05) is 48.5 Å². The van der Waals surface area contributed by atoms with Crippen LogP contribution in [0, 0.1) is 5.82 Å². The highest BCUT2D eigenvalue weighted by atomic mass is 32.2. The molecule has 0 unspecified atom stereocenters. The van der Waals surface area contributed by atoms with E-state index in [1.54, 1.807) is 6.92 Å². The highest BCUT2D eigenvalue weighted by Crippen LogP contribution is 2.45. The van der Waals surface area contributed by atoms with Gasteiger partial charge in [0, 0.05) is 16.8 Å². The van der Waals surface area contributed by atoms with Gasteiger partial charge in [-0.1, -0.05) is 48.5 Å². The van der Waals surface area contributed by atoms with Crippen molar-refractivity contribution < 1.29 is 18.7 Å². The van der Waals surface area contributed by atoms with E-state index in [0.29, 0.717) is 5.69 Å². The van der Waals surface area contributed by atoms with Gasteiger partial charge in [0.2, 0.25) is 5.91 Å². The van der Waals surface area contributed by atoms with Crippen LogP contribution in [0.1, 0.15) is 24.2 Å². The number of carbonyl (C=O) groups excluding carboxylic acids is 2. The van der Waals surface area contributed by atoms with E-state index in [9.17, 15) is 14.0 Å². The molecule has 152 valence electrons. The molecule has 0 saturated heterocycles. The summed E-state index contributed by atoms with van der Waals surface area (Å²) < 4.78 is 18.8. The van der Waals surface area contributed by atoms with Crippen LogP contribution in [-0.2, 0) is 14.3 Å². The predicted octanol–water partition coefficient (Wildman–Crippen LogP) is 5.20. The van der Waals surface area contributed by atoms with Crippen LogP contribution in [0.15, 0.2) is 72.8 Å². The highest BCUT2D eigenvalue weighted by molar-refractivity contribution is 8.01. The lowest BCUT2D eigenvalue weighted by Gasteiger charge is -2.18. The quantitative estimate of drug-likeness (QED) is 0.556. The number of nitrogens with one attached hydrogen (secondary N) is 1. The Labute approximate surface area is 178 Å². The molecule has 0 radical (unpaired) electrons. The van der Waals surface area contributed by atoms with E-state index < -0.39 is 11.4 Å². The standard InChI is InChI=1S/C24H20FNO3S/c1-15(30-14-22(27)26-17-12-10-16(25)11-13-17)24(28)29-23-20-8-4-2-6-18(20)19-7-3-5-9-21(19)23/h2-13,15,23H,14H2,1H3,(H,26,27)/t15-/m0/s1. The van der Waals surface area contributed by atoms with Crippen LogP contribution in [0.3, 0.4) is 0 Å². The fourth-order valence-corrected chi connectivity index (χ4v) is 4.11. The normalized spacial score (nSPS) is 13.3. The zero-order valence-electron chi connectivity index (χ0n) is 16.3. The van der Waals surface area contributed by atoms with Gasteiger partial charge in [0.1, 0.15) is 11.1 Å². The second-order valence-corrected chi connectivity index (χ2v) is 8.33. The maximum atomic E-state index is 13.0. The molecule has 1 aliphatic rings. The van der Waals surface area contributed by atoms with Crippen LogP contribution < -0.4 is 5.32 Å². The molecule has 4 rings (SSSR count). The predicted molar refractivity (Wildman–Crippen MR) is 117 cm³/mol. The van der Waals surface area contributed by atoms with Crippen molar-refractivity contribution in [2.24, 2.45) is 0 Å². The third kappa shape index (κ3) is 4.24. The first-order valence-corrected chi connectivity index (χ1v) is 10.6. The Balaban J connectivity index is 1.37. The summed E-state index contributed by atoms with van der Waals surface area (Å²) >= 11 is 1.20. The van der Waals surface area contributed by atoms with Crippen molar-refractivity contribution >= 4 is 29.3 Å². The molecular formula is C24H20FNO3S. The lowest BCUT2D eigenvalue weighted by molar-refractivity contribution is -0.146. The summed E-state index contributed by atoms with van der Waals surface area (Å²) in [6.45, 7) is 1.73. The van der Waals surface area contributed by atoms with Gasteiger partial charge in [-0.2, -0.15) is 0 Å². The summed E-state index contributed by atoms with van der Waals surface area (Å²) in [7, 11) is 0. The maximum absolute atomic E-state index is 13.0. The van der Waals surface area contributed by atoms with Crippen molar-refractivity contribution in [2.45, 2.75) is 18.3 Å². The molecule has 1 N–H and O–H groups in total. The minimum absolute atomic E-state index is 0.0888. The van der Waals surface area contributed by atoms with Crippen LogP contribution >= 0.6 is 11.8 Å². The molecule has 1 aliphatic carbocycles. The highest BCUT2D eigenvalue weighted by Gasteiger charge is 2.32. The Kier molecular flexibility index (Phi) is 5.86. The van der Waals surface area contributed by atoms with E-state index in [1.165, 1.54) is 36.0 Å². The SMILES string of the molecule is C[C@H](SCC(=O)Nc1ccc(F)cc1)C(=O)OC1c2ccccc2-c2ccccc21. The first-order valence-electron chi connectivity index (χ1n) is 9.58. The van der Waals surface area contributed by atoms with Crippen molar-refractivity contribution in [1.29, 1.82) is 0 Å². The first kappa shape index (κ1) is 20.2. The Morgan fingerprint density at radius 2 is 1.53 bits per heavy atom. The number of anilines is 1. The van der Waals surface area contributed by atoms with Gasteiger partial charge in [-0.05, 0) is 42.3 Å². The summed E-state index contributed by atoms with van der Waals surface area (Å²) in [6, 6.07) is 21.3. The van der Waals surface area contributed by atoms with Gasteiger partial charge in [-0.15, -0.1) is 11.8 Å². The Hall–Kier alpha value is -3.12. The lowest BCUT2D eigenvalue weighted by Crippen LogP contribution is -2.23.